The molecule has 4 rings (SSSR count). The predicted octanol–water partition coefficient (Wildman–Crippen LogP) is 3.94. The molecule has 0 radical (unpaired) electrons. The molecule has 3 aromatic carbocycles. The smallest absolute Gasteiger partial charge is 0.328 e. The largest absolute Gasteiger partial charge is 0.491 e. The summed E-state index contributed by atoms with van der Waals surface area (Å²) in [7, 11) is 0. The van der Waals surface area contributed by atoms with Gasteiger partial charge < -0.3 is 14.7 Å². The zero-order chi connectivity index (χ0) is 22.5. The van der Waals surface area contributed by atoms with Crippen LogP contribution in [0.2, 0.25) is 0 Å². The van der Waals surface area contributed by atoms with E-state index in [0.29, 0.717) is 12.3 Å². The Morgan fingerprint density at radius 3 is 2.31 bits per heavy atom. The number of aliphatic hydroxyl groups is 1. The van der Waals surface area contributed by atoms with Gasteiger partial charge in [-0.25, -0.2) is 4.79 Å². The second-order valence-electron chi connectivity index (χ2n) is 7.94. The van der Waals surface area contributed by atoms with Crippen molar-refractivity contribution in [1.82, 2.24) is 9.80 Å². The second-order valence-corrected chi connectivity index (χ2v) is 7.94. The van der Waals surface area contributed by atoms with Crippen LogP contribution >= 0.6 is 0 Å². The third-order valence-corrected chi connectivity index (χ3v) is 5.42. The molecule has 0 aliphatic carbocycles. The van der Waals surface area contributed by atoms with E-state index in [2.05, 4.69) is 0 Å². The number of amides is 3. The van der Waals surface area contributed by atoms with Crippen LogP contribution in [0.4, 0.5) is 4.79 Å². The average molecular weight is 431 g/mol. The fourth-order valence-corrected chi connectivity index (χ4v) is 3.87. The molecule has 2 atom stereocenters. The number of benzene rings is 3. The lowest BCUT2D eigenvalue weighted by atomic mass is 10.1. The van der Waals surface area contributed by atoms with Crippen molar-refractivity contribution in [3.05, 3.63) is 102 Å². The van der Waals surface area contributed by atoms with Crippen LogP contribution in [0.25, 0.3) is 0 Å². The number of rotatable bonds is 8. The van der Waals surface area contributed by atoms with Crippen LogP contribution in [-0.2, 0) is 11.3 Å². The highest BCUT2D eigenvalue weighted by Gasteiger charge is 2.46. The first-order valence-electron chi connectivity index (χ1n) is 10.6. The molecule has 1 aliphatic rings. The van der Waals surface area contributed by atoms with Crippen molar-refractivity contribution in [2.24, 2.45) is 0 Å². The zero-order valence-corrected chi connectivity index (χ0v) is 17.9. The number of ether oxygens (including phenoxy) is 1. The van der Waals surface area contributed by atoms with Crippen molar-refractivity contribution in [3.8, 4) is 5.75 Å². The van der Waals surface area contributed by atoms with Gasteiger partial charge in [0, 0.05) is 6.54 Å². The molecule has 2 unspecified atom stereocenters. The summed E-state index contributed by atoms with van der Waals surface area (Å²) in [4.78, 5) is 29.2. The Kier molecular flexibility index (Phi) is 6.52. The van der Waals surface area contributed by atoms with Crippen LogP contribution in [0.1, 0.15) is 22.7 Å². The number of imide groups is 1. The molecule has 3 aromatic rings. The molecule has 1 aliphatic heterocycles. The van der Waals surface area contributed by atoms with Gasteiger partial charge in [0.1, 0.15) is 24.5 Å². The topological polar surface area (TPSA) is 70.1 Å². The Labute approximate surface area is 187 Å². The summed E-state index contributed by atoms with van der Waals surface area (Å²) < 4.78 is 5.65. The van der Waals surface area contributed by atoms with E-state index in [9.17, 15) is 14.7 Å². The third kappa shape index (κ3) is 4.81. The van der Waals surface area contributed by atoms with Crippen molar-refractivity contribution in [2.45, 2.75) is 25.6 Å². The molecule has 1 fully saturated rings. The maximum absolute atomic E-state index is 13.3. The van der Waals surface area contributed by atoms with Crippen molar-refractivity contribution in [3.63, 3.8) is 0 Å². The first kappa shape index (κ1) is 21.6. The first-order chi connectivity index (χ1) is 15.5. The van der Waals surface area contributed by atoms with Gasteiger partial charge in [-0.2, -0.15) is 0 Å². The minimum absolute atomic E-state index is 0.0186. The van der Waals surface area contributed by atoms with Crippen molar-refractivity contribution in [1.29, 1.82) is 0 Å². The fraction of sp³-hybridized carbons (Fsp3) is 0.231. The number of carbonyl (C=O) groups is 2. The van der Waals surface area contributed by atoms with E-state index < -0.39 is 18.2 Å². The number of carbonyl (C=O) groups excluding carboxylic acids is 2. The van der Waals surface area contributed by atoms with Gasteiger partial charge in [0.2, 0.25) is 0 Å². The minimum Gasteiger partial charge on any atom is -0.491 e. The average Bonchev–Trinajstić information content (AvgIpc) is 3.03. The van der Waals surface area contributed by atoms with Gasteiger partial charge in [0.05, 0.1) is 6.54 Å². The molecule has 0 saturated carbocycles. The summed E-state index contributed by atoms with van der Waals surface area (Å²) >= 11 is 0. The summed E-state index contributed by atoms with van der Waals surface area (Å²) in [6.07, 6.45) is -1.00. The molecule has 0 spiro atoms. The second kappa shape index (κ2) is 9.66. The van der Waals surface area contributed by atoms with Crippen LogP contribution in [0.3, 0.4) is 0 Å². The summed E-state index contributed by atoms with van der Waals surface area (Å²) in [5.74, 6) is 0.294. The summed E-state index contributed by atoms with van der Waals surface area (Å²) in [5.41, 5.74) is 2.72. The molecule has 6 heteroatoms. The number of β-amino-alcohol motifs (C(OH)–C–C–N with tert-alkyl or cyclic N) is 1. The van der Waals surface area contributed by atoms with Gasteiger partial charge in [0.15, 0.2) is 0 Å². The number of hydrogen-bond donors (Lipinski definition) is 1. The van der Waals surface area contributed by atoms with E-state index in [1.54, 1.807) is 11.0 Å². The van der Waals surface area contributed by atoms with Crippen LogP contribution in [0.15, 0.2) is 84.9 Å². The molecule has 1 saturated heterocycles. The normalized spacial score (nSPS) is 17.0. The van der Waals surface area contributed by atoms with Gasteiger partial charge in [0.25, 0.3) is 5.91 Å². The Morgan fingerprint density at radius 2 is 1.62 bits per heavy atom. The highest BCUT2D eigenvalue weighted by atomic mass is 16.5. The quantitative estimate of drug-likeness (QED) is 0.550. The first-order valence-corrected chi connectivity index (χ1v) is 10.6. The van der Waals surface area contributed by atoms with E-state index in [4.69, 9.17) is 4.74 Å². The molecule has 164 valence electrons. The Hall–Kier alpha value is -3.64. The van der Waals surface area contributed by atoms with Crippen LogP contribution in [0, 0.1) is 6.92 Å². The highest BCUT2D eigenvalue weighted by molar-refractivity contribution is 6.04. The van der Waals surface area contributed by atoms with Crippen LogP contribution in [0.5, 0.6) is 5.75 Å². The van der Waals surface area contributed by atoms with Gasteiger partial charge in [-0.3, -0.25) is 9.69 Å². The summed E-state index contributed by atoms with van der Waals surface area (Å²) in [5, 5.41) is 10.5. The van der Waals surface area contributed by atoms with Crippen LogP contribution in [-0.4, -0.2) is 46.1 Å². The Morgan fingerprint density at radius 1 is 0.938 bits per heavy atom. The van der Waals surface area contributed by atoms with E-state index in [0.717, 1.165) is 21.6 Å². The van der Waals surface area contributed by atoms with E-state index in [-0.39, 0.29) is 19.1 Å². The van der Waals surface area contributed by atoms with Gasteiger partial charge in [-0.1, -0.05) is 72.8 Å². The molecule has 6 nitrogen and oxygen atoms in total. The lowest BCUT2D eigenvalue weighted by Gasteiger charge is -2.22. The minimum atomic E-state index is -1.00. The van der Waals surface area contributed by atoms with E-state index in [1.165, 1.54) is 0 Å². The van der Waals surface area contributed by atoms with Gasteiger partial charge in [-0.05, 0) is 35.7 Å². The summed E-state index contributed by atoms with van der Waals surface area (Å²) in [6, 6.07) is 25.2. The highest BCUT2D eigenvalue weighted by Crippen LogP contribution is 2.32. The monoisotopic (exact) mass is 430 g/mol. The molecule has 0 bridgehead atoms. The van der Waals surface area contributed by atoms with Crippen molar-refractivity contribution in [2.75, 3.05) is 13.2 Å². The van der Waals surface area contributed by atoms with Crippen molar-refractivity contribution >= 4 is 11.9 Å². The lowest BCUT2D eigenvalue weighted by Crippen LogP contribution is -2.40. The zero-order valence-electron chi connectivity index (χ0n) is 17.9. The molecule has 3 amide bonds. The number of aliphatic hydroxyl groups excluding tert-OH is 1. The predicted molar refractivity (Wildman–Crippen MR) is 121 cm³/mol. The molecular formula is C26H26N2O4. The Bertz CT molecular complexity index is 1070. The maximum atomic E-state index is 13.3. The maximum Gasteiger partial charge on any atom is 0.328 e. The number of urea groups is 1. The molecule has 0 aromatic heterocycles. The number of nitrogens with zero attached hydrogens (tertiary/aromatic N) is 2. The number of hydrogen-bond acceptors (Lipinski definition) is 4. The fourth-order valence-electron chi connectivity index (χ4n) is 3.87. The van der Waals surface area contributed by atoms with E-state index >= 15 is 0 Å². The third-order valence-electron chi connectivity index (χ3n) is 5.42. The number of aryl methyl sites for hydroxylation is 1. The van der Waals surface area contributed by atoms with Crippen molar-refractivity contribution < 1.29 is 19.4 Å². The van der Waals surface area contributed by atoms with Gasteiger partial charge >= 0.3 is 6.03 Å². The molecular weight excluding hydrogens is 404 g/mol. The summed E-state index contributed by atoms with van der Waals surface area (Å²) in [6.45, 7) is 2.11. The van der Waals surface area contributed by atoms with Gasteiger partial charge in [-0.15, -0.1) is 0 Å². The molecule has 32 heavy (non-hydrogen) atoms. The molecule has 1 heterocycles. The van der Waals surface area contributed by atoms with Crippen LogP contribution < -0.4 is 4.74 Å². The SMILES string of the molecule is Cc1cccc(OCC(O)CN2C(=O)C(c3ccccc3)N(Cc3ccccc3)C2=O)c1. The van der Waals surface area contributed by atoms with E-state index in [1.807, 2.05) is 85.8 Å². The molecule has 1 N–H and O–H groups in total. The standard InChI is InChI=1S/C26H26N2O4/c1-19-9-8-14-23(15-19)32-18-22(29)17-28-25(30)24(21-12-6-3-7-13-21)27(26(28)31)16-20-10-4-2-5-11-20/h2-15,22,24,29H,16-18H2,1H3. The lowest BCUT2D eigenvalue weighted by molar-refractivity contribution is -0.129. The Balaban J connectivity index is 1.50.